The minimum Gasteiger partial charge on any atom is -0.356 e. The van der Waals surface area contributed by atoms with Crippen molar-refractivity contribution in [3.05, 3.63) is 17.6 Å². The van der Waals surface area contributed by atoms with Crippen molar-refractivity contribution >= 4 is 18.2 Å². The molecule has 2 fully saturated rings. The van der Waals surface area contributed by atoms with Crippen LogP contribution in [0, 0.1) is 12.3 Å². The van der Waals surface area contributed by atoms with E-state index in [0.29, 0.717) is 5.82 Å². The summed E-state index contributed by atoms with van der Waals surface area (Å²) >= 11 is 0. The third-order valence-corrected chi connectivity index (χ3v) is 4.54. The molecular formula is C14H20ClF3N4. The zero-order valence-electron chi connectivity index (χ0n) is 12.4. The molecule has 3 heterocycles. The first-order chi connectivity index (χ1) is 9.88. The van der Waals surface area contributed by atoms with Gasteiger partial charge in [0.1, 0.15) is 17.3 Å². The zero-order valence-corrected chi connectivity index (χ0v) is 13.2. The van der Waals surface area contributed by atoms with Crippen LogP contribution in [0.1, 0.15) is 30.8 Å². The summed E-state index contributed by atoms with van der Waals surface area (Å²) < 4.78 is 38.6. The van der Waals surface area contributed by atoms with Gasteiger partial charge >= 0.3 is 6.18 Å². The smallest absolute Gasteiger partial charge is 0.356 e. The van der Waals surface area contributed by atoms with E-state index in [1.165, 1.54) is 6.92 Å². The summed E-state index contributed by atoms with van der Waals surface area (Å²) in [5.74, 6) is 0.580. The van der Waals surface area contributed by atoms with Crippen LogP contribution >= 0.6 is 12.4 Å². The Balaban J connectivity index is 0.00000176. The molecule has 8 heteroatoms. The molecule has 2 aliphatic rings. The van der Waals surface area contributed by atoms with Crippen molar-refractivity contribution in [2.45, 2.75) is 32.4 Å². The molecule has 0 unspecified atom stereocenters. The fourth-order valence-corrected chi connectivity index (χ4v) is 3.36. The minimum absolute atomic E-state index is 0. The predicted octanol–water partition coefficient (Wildman–Crippen LogP) is 2.81. The average Bonchev–Trinajstić information content (AvgIpc) is 2.82. The van der Waals surface area contributed by atoms with Gasteiger partial charge < -0.3 is 10.2 Å². The van der Waals surface area contributed by atoms with Gasteiger partial charge in [-0.3, -0.25) is 0 Å². The van der Waals surface area contributed by atoms with E-state index in [1.54, 1.807) is 0 Å². The van der Waals surface area contributed by atoms with Gasteiger partial charge in [-0.25, -0.2) is 9.97 Å². The van der Waals surface area contributed by atoms with Gasteiger partial charge in [0.25, 0.3) is 0 Å². The van der Waals surface area contributed by atoms with E-state index in [9.17, 15) is 13.2 Å². The molecule has 0 saturated carbocycles. The molecule has 2 saturated heterocycles. The van der Waals surface area contributed by atoms with Crippen LogP contribution in [0.2, 0.25) is 0 Å². The third kappa shape index (κ3) is 3.46. The topological polar surface area (TPSA) is 41.1 Å². The first-order valence-corrected chi connectivity index (χ1v) is 7.27. The number of hydrogen-bond acceptors (Lipinski definition) is 4. The van der Waals surface area contributed by atoms with Gasteiger partial charge in [-0.15, -0.1) is 12.4 Å². The number of hydrogen-bond donors (Lipinski definition) is 1. The molecule has 0 radical (unpaired) electrons. The Hall–Kier alpha value is -1.08. The van der Waals surface area contributed by atoms with E-state index in [4.69, 9.17) is 0 Å². The Morgan fingerprint density at radius 3 is 2.50 bits per heavy atom. The number of nitrogens with zero attached hydrogens (tertiary/aromatic N) is 3. The lowest BCUT2D eigenvalue weighted by molar-refractivity contribution is -0.141. The van der Waals surface area contributed by atoms with Crippen molar-refractivity contribution in [2.24, 2.45) is 5.41 Å². The van der Waals surface area contributed by atoms with Crippen molar-refractivity contribution in [3.8, 4) is 0 Å². The highest BCUT2D eigenvalue weighted by Crippen LogP contribution is 2.40. The quantitative estimate of drug-likeness (QED) is 0.856. The molecule has 1 N–H and O–H groups in total. The number of halogens is 4. The normalized spacial score (nSPS) is 21.0. The van der Waals surface area contributed by atoms with Gasteiger partial charge in [0.2, 0.25) is 0 Å². The summed E-state index contributed by atoms with van der Waals surface area (Å²) in [5, 5.41) is 3.34. The Bertz CT molecular complexity index is 529. The van der Waals surface area contributed by atoms with Crippen molar-refractivity contribution in [1.82, 2.24) is 15.3 Å². The molecular weight excluding hydrogens is 317 g/mol. The summed E-state index contributed by atoms with van der Waals surface area (Å²) in [5.41, 5.74) is -0.612. The van der Waals surface area contributed by atoms with Gasteiger partial charge in [-0.1, -0.05) is 0 Å². The molecule has 0 bridgehead atoms. The van der Waals surface area contributed by atoms with Gasteiger partial charge in [-0.05, 0) is 44.7 Å². The molecule has 3 rings (SSSR count). The lowest BCUT2D eigenvalue weighted by Crippen LogP contribution is -2.38. The Labute approximate surface area is 133 Å². The van der Waals surface area contributed by atoms with Crippen LogP contribution in [-0.2, 0) is 6.18 Å². The molecule has 1 aromatic rings. The molecule has 1 spiro atoms. The van der Waals surface area contributed by atoms with Crippen LogP contribution in [0.15, 0.2) is 6.07 Å². The largest absolute Gasteiger partial charge is 0.433 e. The summed E-state index contributed by atoms with van der Waals surface area (Å²) in [4.78, 5) is 9.70. The first kappa shape index (κ1) is 17.3. The lowest BCUT2D eigenvalue weighted by Gasteiger charge is -2.33. The number of rotatable bonds is 1. The second-order valence-corrected chi connectivity index (χ2v) is 6.08. The molecule has 2 aliphatic heterocycles. The number of nitrogens with one attached hydrogen (secondary N) is 1. The highest BCUT2D eigenvalue weighted by atomic mass is 35.5. The van der Waals surface area contributed by atoms with Gasteiger partial charge in [0.15, 0.2) is 0 Å². The van der Waals surface area contributed by atoms with Crippen LogP contribution in [0.5, 0.6) is 0 Å². The van der Waals surface area contributed by atoms with Crippen molar-refractivity contribution in [1.29, 1.82) is 0 Å². The van der Waals surface area contributed by atoms with Gasteiger partial charge in [0, 0.05) is 19.2 Å². The van der Waals surface area contributed by atoms with Crippen LogP contribution in [-0.4, -0.2) is 36.1 Å². The Morgan fingerprint density at radius 1 is 1.18 bits per heavy atom. The molecule has 0 aromatic carbocycles. The number of aryl methyl sites for hydroxylation is 1. The molecule has 4 nitrogen and oxygen atoms in total. The number of aromatic nitrogens is 2. The SMILES string of the molecule is Cc1nc(N2CCC3(CCNCC3)C2)cc(C(F)(F)F)n1.Cl. The molecule has 1 aromatic heterocycles. The minimum atomic E-state index is -4.42. The van der Waals surface area contributed by atoms with Crippen LogP contribution in [0.25, 0.3) is 0 Å². The monoisotopic (exact) mass is 336 g/mol. The molecule has 0 aliphatic carbocycles. The van der Waals surface area contributed by atoms with Crippen LogP contribution < -0.4 is 10.2 Å². The van der Waals surface area contributed by atoms with E-state index in [1.807, 2.05) is 4.90 Å². The van der Waals surface area contributed by atoms with E-state index >= 15 is 0 Å². The van der Waals surface area contributed by atoms with Crippen LogP contribution in [0.3, 0.4) is 0 Å². The Morgan fingerprint density at radius 2 is 1.86 bits per heavy atom. The predicted molar refractivity (Wildman–Crippen MR) is 80.4 cm³/mol. The second kappa shape index (κ2) is 6.20. The third-order valence-electron chi connectivity index (χ3n) is 4.54. The van der Waals surface area contributed by atoms with E-state index < -0.39 is 11.9 Å². The first-order valence-electron chi connectivity index (χ1n) is 7.27. The highest BCUT2D eigenvalue weighted by Gasteiger charge is 2.40. The average molecular weight is 337 g/mol. The van der Waals surface area contributed by atoms with E-state index in [2.05, 4.69) is 15.3 Å². The molecule has 0 atom stereocenters. The fourth-order valence-electron chi connectivity index (χ4n) is 3.36. The van der Waals surface area contributed by atoms with E-state index in [0.717, 1.165) is 51.5 Å². The zero-order chi connectivity index (χ0) is 15.1. The summed E-state index contributed by atoms with van der Waals surface area (Å²) in [6, 6.07) is 1.08. The second-order valence-electron chi connectivity index (χ2n) is 6.08. The molecule has 0 amide bonds. The van der Waals surface area contributed by atoms with Crippen molar-refractivity contribution < 1.29 is 13.2 Å². The lowest BCUT2D eigenvalue weighted by atomic mass is 9.78. The van der Waals surface area contributed by atoms with E-state index in [-0.39, 0.29) is 23.6 Å². The maximum Gasteiger partial charge on any atom is 0.433 e. The maximum atomic E-state index is 12.9. The van der Waals surface area contributed by atoms with Crippen LogP contribution in [0.4, 0.5) is 19.0 Å². The maximum absolute atomic E-state index is 12.9. The number of piperidine rings is 1. The van der Waals surface area contributed by atoms with Crippen molar-refractivity contribution in [2.75, 3.05) is 31.1 Å². The number of alkyl halides is 3. The van der Waals surface area contributed by atoms with Gasteiger partial charge in [-0.2, -0.15) is 13.2 Å². The van der Waals surface area contributed by atoms with Gasteiger partial charge in [0.05, 0.1) is 0 Å². The summed E-state index contributed by atoms with van der Waals surface area (Å²) in [6.07, 6.45) is -1.23. The molecule has 124 valence electrons. The molecule has 22 heavy (non-hydrogen) atoms. The fraction of sp³-hybridized carbons (Fsp3) is 0.714. The summed E-state index contributed by atoms with van der Waals surface area (Å²) in [6.45, 7) is 5.06. The summed E-state index contributed by atoms with van der Waals surface area (Å²) in [7, 11) is 0. The highest BCUT2D eigenvalue weighted by molar-refractivity contribution is 5.85. The van der Waals surface area contributed by atoms with Crippen molar-refractivity contribution in [3.63, 3.8) is 0 Å². The standard InChI is InChI=1S/C14H19F3N4.ClH/c1-10-19-11(14(15,16)17)8-12(20-10)21-7-4-13(9-21)2-5-18-6-3-13;/h8,18H,2-7,9H2,1H3;1H. The Kier molecular flexibility index (Phi) is 4.87. The number of anilines is 1.